The minimum atomic E-state index is -1.69. The fourth-order valence-electron chi connectivity index (χ4n) is 1.30. The van der Waals surface area contributed by atoms with Crippen LogP contribution in [0.5, 0.6) is 0 Å². The molecule has 3 nitrogen and oxygen atoms in total. The van der Waals surface area contributed by atoms with Crippen LogP contribution in [-0.2, 0) is 10.2 Å². The fourth-order valence-corrected chi connectivity index (χ4v) is 1.49. The summed E-state index contributed by atoms with van der Waals surface area (Å²) in [4.78, 5) is 11.0. The number of benzene rings is 1. The normalized spacial score (nSPS) is 14.6. The smallest absolute Gasteiger partial charge is 0.318 e. The zero-order valence-corrected chi connectivity index (χ0v) is 8.67. The molecule has 0 saturated carbocycles. The maximum Gasteiger partial charge on any atom is 0.318 e. The highest BCUT2D eigenvalue weighted by atomic mass is 35.5. The van der Waals surface area contributed by atoms with E-state index in [-0.39, 0.29) is 12.1 Å². The summed E-state index contributed by atoms with van der Waals surface area (Å²) in [5, 5.41) is 9.37. The lowest BCUT2D eigenvalue weighted by Crippen LogP contribution is -2.45. The van der Waals surface area contributed by atoms with Gasteiger partial charge in [-0.1, -0.05) is 23.7 Å². The van der Waals surface area contributed by atoms with Gasteiger partial charge in [0.1, 0.15) is 12.1 Å². The second-order valence-electron chi connectivity index (χ2n) is 3.24. The third-order valence-corrected chi connectivity index (χ3v) is 2.60. The lowest BCUT2D eigenvalue weighted by atomic mass is 9.82. The number of carboxylic acid groups (broad SMARTS) is 1. The van der Waals surface area contributed by atoms with Crippen LogP contribution in [0.15, 0.2) is 24.3 Å². The summed E-state index contributed by atoms with van der Waals surface area (Å²) in [6.45, 7) is -1.36. The average molecular weight is 232 g/mol. The van der Waals surface area contributed by atoms with Crippen LogP contribution in [0.4, 0.5) is 4.39 Å². The number of hydrogen-bond donors (Lipinski definition) is 2. The topological polar surface area (TPSA) is 63.3 Å². The predicted octanol–water partition coefficient (Wildman–Crippen LogP) is 1.59. The van der Waals surface area contributed by atoms with Crippen molar-refractivity contribution < 1.29 is 14.3 Å². The van der Waals surface area contributed by atoms with E-state index in [0.717, 1.165) is 0 Å². The Balaban J connectivity index is 3.26. The number of rotatable bonds is 4. The molecule has 0 aliphatic rings. The maximum atomic E-state index is 12.9. The average Bonchev–Trinajstić information content (AvgIpc) is 2.20. The largest absolute Gasteiger partial charge is 0.480 e. The van der Waals surface area contributed by atoms with Crippen LogP contribution >= 0.6 is 11.6 Å². The van der Waals surface area contributed by atoms with E-state index in [1.54, 1.807) is 12.1 Å². The Morgan fingerprint density at radius 1 is 1.60 bits per heavy atom. The van der Waals surface area contributed by atoms with E-state index in [1.165, 1.54) is 12.1 Å². The molecule has 1 atom stereocenters. The van der Waals surface area contributed by atoms with E-state index < -0.39 is 18.1 Å². The van der Waals surface area contributed by atoms with E-state index in [2.05, 4.69) is 0 Å². The van der Waals surface area contributed by atoms with Gasteiger partial charge < -0.3 is 10.8 Å². The van der Waals surface area contributed by atoms with Crippen molar-refractivity contribution in [2.75, 3.05) is 13.2 Å². The van der Waals surface area contributed by atoms with Crippen molar-refractivity contribution in [1.29, 1.82) is 0 Å². The molecule has 5 heteroatoms. The van der Waals surface area contributed by atoms with Gasteiger partial charge in [0.05, 0.1) is 0 Å². The van der Waals surface area contributed by atoms with Gasteiger partial charge in [-0.2, -0.15) is 0 Å². The molecule has 82 valence electrons. The van der Waals surface area contributed by atoms with Crippen LogP contribution in [0.3, 0.4) is 0 Å². The second kappa shape index (κ2) is 4.59. The zero-order chi connectivity index (χ0) is 11.5. The van der Waals surface area contributed by atoms with Gasteiger partial charge in [0, 0.05) is 11.6 Å². The zero-order valence-electron chi connectivity index (χ0n) is 7.91. The summed E-state index contributed by atoms with van der Waals surface area (Å²) in [5.41, 5.74) is 3.93. The Morgan fingerprint density at radius 3 is 2.67 bits per heavy atom. The van der Waals surface area contributed by atoms with Crippen LogP contribution in [0.25, 0.3) is 0 Å². The summed E-state index contributed by atoms with van der Waals surface area (Å²) in [7, 11) is 0. The SMILES string of the molecule is NCC(CF)(C(=O)O)c1cccc(Cl)c1. The van der Waals surface area contributed by atoms with Crippen LogP contribution in [0.1, 0.15) is 5.56 Å². The molecule has 0 aliphatic heterocycles. The molecule has 1 unspecified atom stereocenters. The Kier molecular flexibility index (Phi) is 3.66. The molecular weight excluding hydrogens is 221 g/mol. The number of nitrogens with two attached hydrogens (primary N) is 1. The summed E-state index contributed by atoms with van der Waals surface area (Å²) in [6.07, 6.45) is 0. The summed E-state index contributed by atoms with van der Waals surface area (Å²) in [6, 6.07) is 6.08. The van der Waals surface area contributed by atoms with Gasteiger partial charge in [-0.25, -0.2) is 4.39 Å². The molecule has 0 aliphatic carbocycles. The van der Waals surface area contributed by atoms with Crippen molar-refractivity contribution in [3.8, 4) is 0 Å². The first-order valence-corrected chi connectivity index (χ1v) is 4.70. The molecule has 1 aromatic carbocycles. The molecule has 1 rings (SSSR count). The fraction of sp³-hybridized carbons (Fsp3) is 0.300. The van der Waals surface area contributed by atoms with Gasteiger partial charge in [-0.3, -0.25) is 4.79 Å². The lowest BCUT2D eigenvalue weighted by Gasteiger charge is -2.24. The highest BCUT2D eigenvalue weighted by molar-refractivity contribution is 6.30. The van der Waals surface area contributed by atoms with Crippen molar-refractivity contribution in [3.63, 3.8) is 0 Å². The van der Waals surface area contributed by atoms with Gasteiger partial charge in [-0.05, 0) is 17.7 Å². The lowest BCUT2D eigenvalue weighted by molar-refractivity contribution is -0.144. The van der Waals surface area contributed by atoms with Crippen LogP contribution in [-0.4, -0.2) is 24.3 Å². The van der Waals surface area contributed by atoms with Gasteiger partial charge in [-0.15, -0.1) is 0 Å². The summed E-state index contributed by atoms with van der Waals surface area (Å²) in [5.74, 6) is -1.28. The van der Waals surface area contributed by atoms with Crippen LogP contribution in [0, 0.1) is 0 Å². The molecule has 0 bridgehead atoms. The number of halogens is 2. The number of carbonyl (C=O) groups is 1. The van der Waals surface area contributed by atoms with E-state index >= 15 is 0 Å². The number of hydrogen-bond acceptors (Lipinski definition) is 2. The first-order valence-electron chi connectivity index (χ1n) is 4.32. The van der Waals surface area contributed by atoms with Crippen LogP contribution < -0.4 is 5.73 Å². The molecule has 3 N–H and O–H groups in total. The third-order valence-electron chi connectivity index (χ3n) is 2.36. The summed E-state index contributed by atoms with van der Waals surface area (Å²) >= 11 is 5.71. The Bertz CT molecular complexity index is 366. The first-order chi connectivity index (χ1) is 7.06. The quantitative estimate of drug-likeness (QED) is 0.827. The molecular formula is C10H11ClFNO2. The van der Waals surface area contributed by atoms with Gasteiger partial charge >= 0.3 is 5.97 Å². The molecule has 0 heterocycles. The van der Waals surface area contributed by atoms with Crippen molar-refractivity contribution in [2.45, 2.75) is 5.41 Å². The number of aliphatic carboxylic acids is 1. The minimum absolute atomic E-state index is 0.285. The highest BCUT2D eigenvalue weighted by Gasteiger charge is 2.39. The maximum absolute atomic E-state index is 12.9. The van der Waals surface area contributed by atoms with E-state index in [0.29, 0.717) is 5.02 Å². The standard InChI is InChI=1S/C10H11ClFNO2/c11-8-3-1-2-7(4-8)10(5-12,6-13)9(14)15/h1-4H,5-6,13H2,(H,14,15). The molecule has 0 aromatic heterocycles. The van der Waals surface area contributed by atoms with Crippen LogP contribution in [0.2, 0.25) is 5.02 Å². The predicted molar refractivity (Wildman–Crippen MR) is 55.8 cm³/mol. The highest BCUT2D eigenvalue weighted by Crippen LogP contribution is 2.26. The third kappa shape index (κ3) is 2.11. The molecule has 1 aromatic rings. The Morgan fingerprint density at radius 2 is 2.27 bits per heavy atom. The Labute approximate surface area is 91.7 Å². The van der Waals surface area contributed by atoms with Crippen molar-refractivity contribution in [1.82, 2.24) is 0 Å². The van der Waals surface area contributed by atoms with Crippen molar-refractivity contribution in [2.24, 2.45) is 5.73 Å². The van der Waals surface area contributed by atoms with E-state index in [4.69, 9.17) is 22.4 Å². The molecule has 0 saturated heterocycles. The van der Waals surface area contributed by atoms with E-state index in [1.807, 2.05) is 0 Å². The number of carboxylic acids is 1. The molecule has 0 amide bonds. The Hall–Kier alpha value is -1.13. The molecule has 15 heavy (non-hydrogen) atoms. The first kappa shape index (κ1) is 11.9. The van der Waals surface area contributed by atoms with E-state index in [9.17, 15) is 9.18 Å². The molecule has 0 spiro atoms. The molecule has 0 fully saturated rings. The van der Waals surface area contributed by atoms with Gasteiger partial charge in [0.15, 0.2) is 0 Å². The number of alkyl halides is 1. The second-order valence-corrected chi connectivity index (χ2v) is 3.67. The van der Waals surface area contributed by atoms with Gasteiger partial charge in [0.25, 0.3) is 0 Å². The summed E-state index contributed by atoms with van der Waals surface area (Å²) < 4.78 is 12.9. The monoisotopic (exact) mass is 231 g/mol. The molecule has 0 radical (unpaired) electrons. The van der Waals surface area contributed by atoms with Gasteiger partial charge in [0.2, 0.25) is 0 Å². The van der Waals surface area contributed by atoms with Crippen molar-refractivity contribution >= 4 is 17.6 Å². The minimum Gasteiger partial charge on any atom is -0.480 e. The van der Waals surface area contributed by atoms with Crippen molar-refractivity contribution in [3.05, 3.63) is 34.9 Å².